The minimum atomic E-state index is -0.299. The third-order valence-electron chi connectivity index (χ3n) is 3.11. The molecule has 2 heterocycles. The zero-order valence-corrected chi connectivity index (χ0v) is 13.3. The Hall–Kier alpha value is -2.47. The van der Waals surface area contributed by atoms with Gasteiger partial charge in [-0.15, -0.1) is 0 Å². The molecule has 1 N–H and O–H groups in total. The van der Waals surface area contributed by atoms with Crippen molar-refractivity contribution in [3.05, 3.63) is 64.5 Å². The summed E-state index contributed by atoms with van der Waals surface area (Å²) >= 11 is 3.30. The number of aryl methyl sites for hydroxylation is 1. The molecule has 3 aromatic rings. The van der Waals surface area contributed by atoms with Crippen LogP contribution < -0.4 is 5.32 Å². The van der Waals surface area contributed by atoms with Crippen molar-refractivity contribution in [2.75, 3.05) is 5.32 Å². The number of benzene rings is 1. The van der Waals surface area contributed by atoms with Crippen molar-refractivity contribution >= 4 is 27.7 Å². The van der Waals surface area contributed by atoms with Crippen molar-refractivity contribution in [2.24, 2.45) is 0 Å². The van der Waals surface area contributed by atoms with Crippen LogP contribution in [-0.2, 0) is 0 Å². The van der Waals surface area contributed by atoms with Crippen molar-refractivity contribution in [3.63, 3.8) is 0 Å². The van der Waals surface area contributed by atoms with Crippen LogP contribution in [0.15, 0.2) is 57.7 Å². The van der Waals surface area contributed by atoms with Gasteiger partial charge in [0, 0.05) is 16.2 Å². The van der Waals surface area contributed by atoms with Crippen molar-refractivity contribution in [1.29, 1.82) is 0 Å². The summed E-state index contributed by atoms with van der Waals surface area (Å²) in [5, 5.41) is 6.75. The number of hydrogen-bond donors (Lipinski definition) is 1. The molecule has 22 heavy (non-hydrogen) atoms. The first kappa shape index (κ1) is 14.5. The molecule has 0 spiro atoms. The highest BCUT2D eigenvalue weighted by atomic mass is 79.9. The summed E-state index contributed by atoms with van der Waals surface area (Å²) in [4.78, 5) is 16.6. The Morgan fingerprint density at radius 1 is 1.18 bits per heavy atom. The van der Waals surface area contributed by atoms with Crippen LogP contribution in [0.3, 0.4) is 0 Å². The van der Waals surface area contributed by atoms with Gasteiger partial charge in [0.2, 0.25) is 0 Å². The first-order valence-corrected chi connectivity index (χ1v) is 7.39. The molecule has 3 rings (SSSR count). The van der Waals surface area contributed by atoms with Crippen molar-refractivity contribution in [2.45, 2.75) is 6.92 Å². The second-order valence-electron chi connectivity index (χ2n) is 4.64. The van der Waals surface area contributed by atoms with Gasteiger partial charge < -0.3 is 9.84 Å². The third kappa shape index (κ3) is 2.92. The number of aromatic nitrogens is 2. The van der Waals surface area contributed by atoms with Crippen molar-refractivity contribution in [1.82, 2.24) is 10.1 Å². The molecule has 0 aliphatic heterocycles. The van der Waals surface area contributed by atoms with Gasteiger partial charge in [-0.05, 0) is 35.0 Å². The highest BCUT2D eigenvalue weighted by Crippen LogP contribution is 2.25. The molecule has 110 valence electrons. The van der Waals surface area contributed by atoms with E-state index in [0.29, 0.717) is 22.8 Å². The number of amides is 1. The van der Waals surface area contributed by atoms with Gasteiger partial charge in [0.1, 0.15) is 22.8 Å². The Morgan fingerprint density at radius 3 is 2.64 bits per heavy atom. The van der Waals surface area contributed by atoms with Gasteiger partial charge in [0.15, 0.2) is 0 Å². The zero-order valence-electron chi connectivity index (χ0n) is 11.7. The second-order valence-corrected chi connectivity index (χ2v) is 5.56. The Kier molecular flexibility index (Phi) is 4.02. The number of rotatable bonds is 3. The summed E-state index contributed by atoms with van der Waals surface area (Å²) in [6, 6.07) is 13.0. The van der Waals surface area contributed by atoms with Gasteiger partial charge >= 0.3 is 0 Å². The summed E-state index contributed by atoms with van der Waals surface area (Å²) in [6.45, 7) is 1.71. The van der Waals surface area contributed by atoms with Crippen LogP contribution in [0.2, 0.25) is 0 Å². The molecule has 0 unspecified atom stereocenters. The molecule has 6 heteroatoms. The fourth-order valence-electron chi connectivity index (χ4n) is 2.06. The second kappa shape index (κ2) is 6.11. The molecule has 2 aromatic heterocycles. The van der Waals surface area contributed by atoms with E-state index >= 15 is 0 Å². The van der Waals surface area contributed by atoms with E-state index < -0.39 is 0 Å². The predicted molar refractivity (Wildman–Crippen MR) is 86.6 cm³/mol. The third-order valence-corrected chi connectivity index (χ3v) is 3.58. The smallest absolute Gasteiger partial charge is 0.262 e. The normalized spacial score (nSPS) is 10.5. The number of anilines is 1. The SMILES string of the molecule is Cc1onc(-c2ccccc2)c1C(=O)Nc1ccc(Br)cn1. The molecule has 0 radical (unpaired) electrons. The summed E-state index contributed by atoms with van der Waals surface area (Å²) in [5.41, 5.74) is 1.76. The van der Waals surface area contributed by atoms with Gasteiger partial charge in [0.25, 0.3) is 5.91 Å². The van der Waals surface area contributed by atoms with Crippen LogP contribution in [0.4, 0.5) is 5.82 Å². The predicted octanol–water partition coefficient (Wildman–Crippen LogP) is 4.06. The van der Waals surface area contributed by atoms with Crippen molar-refractivity contribution < 1.29 is 9.32 Å². The molecular formula is C16H12BrN3O2. The number of hydrogen-bond acceptors (Lipinski definition) is 4. The lowest BCUT2D eigenvalue weighted by atomic mass is 10.1. The molecule has 0 aliphatic rings. The molecule has 5 nitrogen and oxygen atoms in total. The van der Waals surface area contributed by atoms with Gasteiger partial charge in [-0.2, -0.15) is 0 Å². The fraction of sp³-hybridized carbons (Fsp3) is 0.0625. The van der Waals surface area contributed by atoms with E-state index in [-0.39, 0.29) is 5.91 Å². The van der Waals surface area contributed by atoms with Crippen LogP contribution in [0.25, 0.3) is 11.3 Å². The van der Waals surface area contributed by atoms with Gasteiger partial charge in [-0.1, -0.05) is 35.5 Å². The number of pyridine rings is 1. The van der Waals surface area contributed by atoms with Crippen molar-refractivity contribution in [3.8, 4) is 11.3 Å². The quantitative estimate of drug-likeness (QED) is 0.767. The van der Waals surface area contributed by atoms with E-state index in [1.54, 1.807) is 25.3 Å². The minimum absolute atomic E-state index is 0.299. The topological polar surface area (TPSA) is 68.0 Å². The Balaban J connectivity index is 1.93. The minimum Gasteiger partial charge on any atom is -0.360 e. The van der Waals surface area contributed by atoms with E-state index in [1.807, 2.05) is 30.3 Å². The van der Waals surface area contributed by atoms with E-state index in [2.05, 4.69) is 31.4 Å². The molecule has 0 bridgehead atoms. The van der Waals surface area contributed by atoms with E-state index in [9.17, 15) is 4.79 Å². The molecule has 1 aromatic carbocycles. The Morgan fingerprint density at radius 2 is 1.95 bits per heavy atom. The summed E-state index contributed by atoms with van der Waals surface area (Å²) in [6.07, 6.45) is 1.62. The number of halogens is 1. The maximum atomic E-state index is 12.5. The first-order chi connectivity index (χ1) is 10.6. The maximum Gasteiger partial charge on any atom is 0.262 e. The molecule has 0 saturated carbocycles. The lowest BCUT2D eigenvalue weighted by Crippen LogP contribution is -2.14. The van der Waals surface area contributed by atoms with Gasteiger partial charge in [-0.3, -0.25) is 4.79 Å². The van der Waals surface area contributed by atoms with Gasteiger partial charge in [-0.25, -0.2) is 4.98 Å². The molecule has 0 atom stereocenters. The van der Waals surface area contributed by atoms with Gasteiger partial charge in [0.05, 0.1) is 0 Å². The maximum absolute atomic E-state index is 12.5. The van der Waals surface area contributed by atoms with Crippen LogP contribution in [0.5, 0.6) is 0 Å². The monoisotopic (exact) mass is 357 g/mol. The standard InChI is InChI=1S/C16H12BrN3O2/c1-10-14(15(20-22-10)11-5-3-2-4-6-11)16(21)19-13-8-7-12(17)9-18-13/h2-9H,1H3,(H,18,19,21). The average Bonchev–Trinajstić information content (AvgIpc) is 2.92. The lowest BCUT2D eigenvalue weighted by Gasteiger charge is -2.05. The largest absolute Gasteiger partial charge is 0.360 e. The molecule has 1 amide bonds. The highest BCUT2D eigenvalue weighted by molar-refractivity contribution is 9.10. The molecule has 0 fully saturated rings. The van der Waals surface area contributed by atoms with Crippen LogP contribution in [0.1, 0.15) is 16.1 Å². The summed E-state index contributed by atoms with van der Waals surface area (Å²) < 4.78 is 6.03. The fourth-order valence-corrected chi connectivity index (χ4v) is 2.30. The van der Waals surface area contributed by atoms with Crippen LogP contribution >= 0.6 is 15.9 Å². The molecule has 0 aliphatic carbocycles. The Bertz CT molecular complexity index is 798. The molecule has 0 saturated heterocycles. The molecular weight excluding hydrogens is 346 g/mol. The zero-order chi connectivity index (χ0) is 15.5. The van der Waals surface area contributed by atoms with Crippen LogP contribution in [-0.4, -0.2) is 16.0 Å². The first-order valence-electron chi connectivity index (χ1n) is 6.60. The Labute approximate surface area is 135 Å². The number of carbonyl (C=O) groups excluding carboxylic acids is 1. The number of carbonyl (C=O) groups is 1. The van der Waals surface area contributed by atoms with E-state index in [0.717, 1.165) is 10.0 Å². The number of nitrogens with zero attached hydrogens (tertiary/aromatic N) is 2. The van der Waals surface area contributed by atoms with Crippen LogP contribution in [0, 0.1) is 6.92 Å². The highest BCUT2D eigenvalue weighted by Gasteiger charge is 2.21. The average molecular weight is 358 g/mol. The van der Waals surface area contributed by atoms with E-state index in [1.165, 1.54) is 0 Å². The van der Waals surface area contributed by atoms with E-state index in [4.69, 9.17) is 4.52 Å². The number of nitrogens with one attached hydrogen (secondary N) is 1. The summed E-state index contributed by atoms with van der Waals surface area (Å²) in [5.74, 6) is 0.633. The summed E-state index contributed by atoms with van der Waals surface area (Å²) in [7, 11) is 0. The lowest BCUT2D eigenvalue weighted by molar-refractivity contribution is 0.102.